The molecule has 1 heterocycles. The summed E-state index contributed by atoms with van der Waals surface area (Å²) in [7, 11) is 1.55. The highest BCUT2D eigenvalue weighted by Crippen LogP contribution is 2.26. The van der Waals surface area contributed by atoms with Crippen molar-refractivity contribution in [1.82, 2.24) is 16.0 Å². The van der Waals surface area contributed by atoms with Gasteiger partial charge in [0.2, 0.25) is 0 Å². The van der Waals surface area contributed by atoms with Crippen LogP contribution in [0.2, 0.25) is 0 Å². The minimum absolute atomic E-state index is 0.00168. The zero-order valence-electron chi connectivity index (χ0n) is 18.3. The molecule has 172 valence electrons. The van der Waals surface area contributed by atoms with Gasteiger partial charge < -0.3 is 25.6 Å². The highest BCUT2D eigenvalue weighted by molar-refractivity contribution is 5.94. The van der Waals surface area contributed by atoms with Gasteiger partial charge in [-0.3, -0.25) is 9.79 Å². The highest BCUT2D eigenvalue weighted by atomic mass is 19.1. The van der Waals surface area contributed by atoms with Gasteiger partial charge in [0.25, 0.3) is 5.91 Å². The quantitative estimate of drug-likeness (QED) is 0.331. The molecule has 1 atom stereocenters. The third kappa shape index (κ3) is 6.09. The van der Waals surface area contributed by atoms with Crippen LogP contribution >= 0.6 is 0 Å². The van der Waals surface area contributed by atoms with Crippen molar-refractivity contribution in [3.63, 3.8) is 0 Å². The summed E-state index contributed by atoms with van der Waals surface area (Å²) < 4.78 is 33.3. The summed E-state index contributed by atoms with van der Waals surface area (Å²) in [6, 6.07) is 10.8. The third-order valence-corrected chi connectivity index (χ3v) is 5.13. The summed E-state index contributed by atoms with van der Waals surface area (Å²) in [6.07, 6.45) is 0.727. The van der Waals surface area contributed by atoms with E-state index in [4.69, 9.17) is 4.74 Å². The Morgan fingerprint density at radius 1 is 1.19 bits per heavy atom. The molecule has 1 aliphatic heterocycles. The van der Waals surface area contributed by atoms with Crippen LogP contribution in [-0.4, -0.2) is 57.7 Å². The first-order chi connectivity index (χ1) is 15.5. The number of carbonyl (C=O) groups excluding carboxylic acids is 1. The molecule has 1 amide bonds. The molecule has 1 saturated heterocycles. The fraction of sp³-hybridized carbons (Fsp3) is 0.391. The molecule has 2 aromatic rings. The Morgan fingerprint density at radius 2 is 1.94 bits per heavy atom. The molecule has 0 aromatic heterocycles. The van der Waals surface area contributed by atoms with Gasteiger partial charge in [-0.15, -0.1) is 0 Å². The number of halogens is 2. The number of carbonyl (C=O) groups is 1. The lowest BCUT2D eigenvalue weighted by Crippen LogP contribution is -2.45. The summed E-state index contributed by atoms with van der Waals surface area (Å²) in [5.41, 5.74) is 0.531. The predicted octanol–water partition coefficient (Wildman–Crippen LogP) is 2.54. The molecule has 1 fully saturated rings. The number of para-hydroxylation sites is 1. The molecule has 0 bridgehead atoms. The second-order valence-corrected chi connectivity index (χ2v) is 7.39. The van der Waals surface area contributed by atoms with Gasteiger partial charge in [-0.05, 0) is 43.7 Å². The van der Waals surface area contributed by atoms with Crippen LogP contribution in [0.5, 0.6) is 5.75 Å². The SMILES string of the molecule is CCNC(=NCCNC(=O)c1cccc(OC)c1)NC1CCN(c2c(F)cccc2F)C1. The molecule has 0 aliphatic carbocycles. The number of anilines is 1. The van der Waals surface area contributed by atoms with Crippen molar-refractivity contribution in [1.29, 1.82) is 0 Å². The molecule has 3 rings (SSSR count). The number of methoxy groups -OCH3 is 1. The Balaban J connectivity index is 1.51. The van der Waals surface area contributed by atoms with Crippen LogP contribution < -0.4 is 25.6 Å². The van der Waals surface area contributed by atoms with Crippen molar-refractivity contribution in [3.8, 4) is 5.75 Å². The van der Waals surface area contributed by atoms with Crippen LogP contribution in [0, 0.1) is 11.6 Å². The van der Waals surface area contributed by atoms with Gasteiger partial charge in [0.15, 0.2) is 5.96 Å². The summed E-state index contributed by atoms with van der Waals surface area (Å²) in [5, 5.41) is 9.31. The lowest BCUT2D eigenvalue weighted by Gasteiger charge is -2.21. The first kappa shape index (κ1) is 23.3. The van der Waals surface area contributed by atoms with E-state index < -0.39 is 11.6 Å². The standard InChI is InChI=1S/C23H29F2N5O2/c1-3-26-23(28-12-11-27-22(31)16-6-4-7-18(14-16)32-2)29-17-10-13-30(15-17)21-19(24)8-5-9-20(21)25/h4-9,14,17H,3,10-13,15H2,1-2H3,(H,27,31)(H2,26,28,29). The molecule has 0 saturated carbocycles. The lowest BCUT2D eigenvalue weighted by atomic mass is 10.2. The number of benzene rings is 2. The van der Waals surface area contributed by atoms with Crippen molar-refractivity contribution in [3.05, 3.63) is 59.7 Å². The molecule has 3 N–H and O–H groups in total. The molecule has 1 aliphatic rings. The maximum atomic E-state index is 14.1. The van der Waals surface area contributed by atoms with Crippen LogP contribution in [0.25, 0.3) is 0 Å². The van der Waals surface area contributed by atoms with E-state index in [1.807, 2.05) is 6.92 Å². The lowest BCUT2D eigenvalue weighted by molar-refractivity contribution is 0.0954. The Labute approximate surface area is 186 Å². The van der Waals surface area contributed by atoms with Gasteiger partial charge >= 0.3 is 0 Å². The van der Waals surface area contributed by atoms with E-state index in [1.165, 1.54) is 18.2 Å². The average Bonchev–Trinajstić information content (AvgIpc) is 3.24. The molecule has 2 aromatic carbocycles. The topological polar surface area (TPSA) is 78.0 Å². The molecular weight excluding hydrogens is 416 g/mol. The number of hydrogen-bond acceptors (Lipinski definition) is 4. The Morgan fingerprint density at radius 3 is 2.66 bits per heavy atom. The minimum atomic E-state index is -0.557. The van der Waals surface area contributed by atoms with Gasteiger partial charge in [0.1, 0.15) is 23.1 Å². The second-order valence-electron chi connectivity index (χ2n) is 7.39. The van der Waals surface area contributed by atoms with Crippen LogP contribution in [0.15, 0.2) is 47.5 Å². The Hall–Kier alpha value is -3.36. The number of guanidine groups is 1. The van der Waals surface area contributed by atoms with Gasteiger partial charge in [0, 0.05) is 37.8 Å². The predicted molar refractivity (Wildman–Crippen MR) is 121 cm³/mol. The number of aliphatic imine (C=N–C) groups is 1. The number of hydrogen-bond donors (Lipinski definition) is 3. The van der Waals surface area contributed by atoms with Crippen LogP contribution in [0.1, 0.15) is 23.7 Å². The third-order valence-electron chi connectivity index (χ3n) is 5.13. The van der Waals surface area contributed by atoms with E-state index in [2.05, 4.69) is 20.9 Å². The largest absolute Gasteiger partial charge is 0.497 e. The van der Waals surface area contributed by atoms with E-state index in [9.17, 15) is 13.6 Å². The van der Waals surface area contributed by atoms with Gasteiger partial charge in [-0.2, -0.15) is 0 Å². The number of ether oxygens (including phenoxy) is 1. The maximum Gasteiger partial charge on any atom is 0.251 e. The summed E-state index contributed by atoms with van der Waals surface area (Å²) in [6.45, 7) is 4.38. The summed E-state index contributed by atoms with van der Waals surface area (Å²) in [4.78, 5) is 18.5. The molecule has 9 heteroatoms. The molecule has 0 radical (unpaired) electrons. The van der Waals surface area contributed by atoms with Crippen molar-refractivity contribution in [2.75, 3.05) is 44.7 Å². The smallest absolute Gasteiger partial charge is 0.251 e. The molecule has 1 unspecified atom stereocenters. The zero-order chi connectivity index (χ0) is 22.9. The van der Waals surface area contributed by atoms with Crippen molar-refractivity contribution in [2.24, 2.45) is 4.99 Å². The Kier molecular flexibility index (Phi) is 8.24. The van der Waals surface area contributed by atoms with Gasteiger partial charge in [0.05, 0.1) is 13.7 Å². The molecule has 32 heavy (non-hydrogen) atoms. The van der Waals surface area contributed by atoms with Crippen LogP contribution in [0.3, 0.4) is 0 Å². The fourth-order valence-corrected chi connectivity index (χ4v) is 3.59. The Bertz CT molecular complexity index is 933. The first-order valence-corrected chi connectivity index (χ1v) is 10.7. The van der Waals surface area contributed by atoms with E-state index in [0.717, 1.165) is 6.42 Å². The van der Waals surface area contributed by atoms with E-state index in [0.29, 0.717) is 50.0 Å². The molecule has 0 spiro atoms. The zero-order valence-corrected chi connectivity index (χ0v) is 18.3. The average molecular weight is 446 g/mol. The summed E-state index contributed by atoms with van der Waals surface area (Å²) in [5.74, 6) is -0.0921. The number of amides is 1. The van der Waals surface area contributed by atoms with Crippen molar-refractivity contribution < 1.29 is 18.3 Å². The van der Waals surface area contributed by atoms with Gasteiger partial charge in [-0.1, -0.05) is 12.1 Å². The molecule has 7 nitrogen and oxygen atoms in total. The minimum Gasteiger partial charge on any atom is -0.497 e. The van der Waals surface area contributed by atoms with E-state index in [1.54, 1.807) is 36.3 Å². The van der Waals surface area contributed by atoms with Crippen molar-refractivity contribution >= 4 is 17.6 Å². The second kappa shape index (κ2) is 11.3. The van der Waals surface area contributed by atoms with Crippen LogP contribution in [0.4, 0.5) is 14.5 Å². The monoisotopic (exact) mass is 445 g/mol. The van der Waals surface area contributed by atoms with Crippen molar-refractivity contribution in [2.45, 2.75) is 19.4 Å². The maximum absolute atomic E-state index is 14.1. The number of nitrogens with one attached hydrogen (secondary N) is 3. The fourth-order valence-electron chi connectivity index (χ4n) is 3.59. The van der Waals surface area contributed by atoms with Crippen LogP contribution in [-0.2, 0) is 0 Å². The van der Waals surface area contributed by atoms with E-state index >= 15 is 0 Å². The number of nitrogens with zero attached hydrogens (tertiary/aromatic N) is 2. The first-order valence-electron chi connectivity index (χ1n) is 10.7. The van der Waals surface area contributed by atoms with E-state index in [-0.39, 0.29) is 17.6 Å². The highest BCUT2D eigenvalue weighted by Gasteiger charge is 2.27. The normalized spacial score (nSPS) is 16.1. The summed E-state index contributed by atoms with van der Waals surface area (Å²) >= 11 is 0. The van der Waals surface area contributed by atoms with Gasteiger partial charge in [-0.25, -0.2) is 8.78 Å². The molecular formula is C23H29F2N5O2. The number of rotatable bonds is 8.